The Hall–Kier alpha value is -0.120. The summed E-state index contributed by atoms with van der Waals surface area (Å²) in [5, 5.41) is 3.21. The van der Waals surface area contributed by atoms with E-state index in [-0.39, 0.29) is 0 Å². The molecule has 0 amide bonds. The molecule has 0 aromatic rings. The lowest BCUT2D eigenvalue weighted by Gasteiger charge is -2.17. The number of hydrogen-bond donors (Lipinski definition) is 1. The number of likely N-dealkylation sites (N-methyl/N-ethyl adjacent to an activating group) is 1. The lowest BCUT2D eigenvalue weighted by atomic mass is 9.91. The van der Waals surface area contributed by atoms with Gasteiger partial charge in [0.1, 0.15) is 0 Å². The van der Waals surface area contributed by atoms with Crippen molar-refractivity contribution in [3.05, 3.63) is 0 Å². The summed E-state index contributed by atoms with van der Waals surface area (Å²) >= 11 is 0. The Morgan fingerprint density at radius 3 is 2.12 bits per heavy atom. The molecule has 0 heterocycles. The van der Waals surface area contributed by atoms with E-state index in [2.05, 4.69) is 33.0 Å². The third kappa shape index (κ3) is 13.9. The highest BCUT2D eigenvalue weighted by Gasteiger charge is 2.08. The third-order valence-electron chi connectivity index (χ3n) is 2.26. The maximum absolute atomic E-state index is 5.49. The fraction of sp³-hybridized carbons (Fsp3) is 1.00. The quantitative estimate of drug-likeness (QED) is 0.586. The monoisotopic (exact) mass is 231 g/mol. The van der Waals surface area contributed by atoms with E-state index in [1.165, 1.54) is 6.42 Å². The Morgan fingerprint density at radius 2 is 1.56 bits per heavy atom. The van der Waals surface area contributed by atoms with Gasteiger partial charge in [0.25, 0.3) is 0 Å². The Labute approximate surface area is 101 Å². The van der Waals surface area contributed by atoms with Gasteiger partial charge in [-0.2, -0.15) is 0 Å². The third-order valence-corrected chi connectivity index (χ3v) is 2.26. The maximum atomic E-state index is 5.49. The minimum Gasteiger partial charge on any atom is -0.379 e. The molecule has 0 saturated heterocycles. The SMILES string of the molecule is CCNCCOCCOCCCC(C)(C)C. The van der Waals surface area contributed by atoms with Crippen LogP contribution in [0.3, 0.4) is 0 Å². The summed E-state index contributed by atoms with van der Waals surface area (Å²) in [5.74, 6) is 0. The number of ether oxygens (including phenoxy) is 2. The van der Waals surface area contributed by atoms with Crippen molar-refractivity contribution in [3.63, 3.8) is 0 Å². The molecule has 0 aliphatic heterocycles. The van der Waals surface area contributed by atoms with Crippen molar-refractivity contribution < 1.29 is 9.47 Å². The molecule has 0 aromatic heterocycles. The largest absolute Gasteiger partial charge is 0.379 e. The average Bonchev–Trinajstić information content (AvgIpc) is 2.19. The zero-order chi connectivity index (χ0) is 12.3. The molecular weight excluding hydrogens is 202 g/mol. The molecule has 3 nitrogen and oxygen atoms in total. The van der Waals surface area contributed by atoms with Gasteiger partial charge in [0, 0.05) is 13.2 Å². The molecule has 16 heavy (non-hydrogen) atoms. The van der Waals surface area contributed by atoms with Crippen molar-refractivity contribution in [2.24, 2.45) is 5.41 Å². The van der Waals surface area contributed by atoms with E-state index in [9.17, 15) is 0 Å². The van der Waals surface area contributed by atoms with Crippen LogP contribution in [0.1, 0.15) is 40.5 Å². The highest BCUT2D eigenvalue weighted by Crippen LogP contribution is 2.20. The van der Waals surface area contributed by atoms with Crippen LogP contribution in [-0.2, 0) is 9.47 Å². The first kappa shape index (κ1) is 15.9. The normalized spacial score (nSPS) is 12.0. The van der Waals surface area contributed by atoms with E-state index in [0.717, 1.165) is 39.3 Å². The predicted octanol–water partition coefficient (Wildman–Crippen LogP) is 2.46. The average molecular weight is 231 g/mol. The van der Waals surface area contributed by atoms with Crippen LogP contribution in [0.15, 0.2) is 0 Å². The van der Waals surface area contributed by atoms with E-state index < -0.39 is 0 Å². The van der Waals surface area contributed by atoms with E-state index in [0.29, 0.717) is 12.0 Å². The van der Waals surface area contributed by atoms with Gasteiger partial charge in [0.15, 0.2) is 0 Å². The summed E-state index contributed by atoms with van der Waals surface area (Å²) in [6, 6.07) is 0. The van der Waals surface area contributed by atoms with Crippen LogP contribution < -0.4 is 5.32 Å². The molecule has 0 atom stereocenters. The fourth-order valence-corrected chi connectivity index (χ4v) is 1.35. The molecule has 3 heteroatoms. The van der Waals surface area contributed by atoms with Gasteiger partial charge >= 0.3 is 0 Å². The molecule has 0 bridgehead atoms. The lowest BCUT2D eigenvalue weighted by Crippen LogP contribution is -2.20. The van der Waals surface area contributed by atoms with Gasteiger partial charge in [-0.15, -0.1) is 0 Å². The lowest BCUT2D eigenvalue weighted by molar-refractivity contribution is 0.0454. The summed E-state index contributed by atoms with van der Waals surface area (Å²) in [7, 11) is 0. The van der Waals surface area contributed by atoms with Crippen LogP contribution in [-0.4, -0.2) is 39.5 Å². The Kier molecular flexibility index (Phi) is 9.99. The zero-order valence-corrected chi connectivity index (χ0v) is 11.5. The van der Waals surface area contributed by atoms with Gasteiger partial charge < -0.3 is 14.8 Å². The molecule has 98 valence electrons. The Balaban J connectivity index is 2.99. The second-order valence-electron chi connectivity index (χ2n) is 5.24. The van der Waals surface area contributed by atoms with Crippen molar-refractivity contribution in [2.75, 3.05) is 39.5 Å². The number of nitrogens with one attached hydrogen (secondary N) is 1. The second kappa shape index (κ2) is 10.1. The van der Waals surface area contributed by atoms with Crippen LogP contribution in [0.2, 0.25) is 0 Å². The number of hydrogen-bond acceptors (Lipinski definition) is 3. The van der Waals surface area contributed by atoms with E-state index in [1.807, 2.05) is 0 Å². The molecule has 1 N–H and O–H groups in total. The minimum absolute atomic E-state index is 0.422. The van der Waals surface area contributed by atoms with Crippen LogP contribution in [0, 0.1) is 5.41 Å². The molecule has 0 rings (SSSR count). The van der Waals surface area contributed by atoms with Gasteiger partial charge in [0.05, 0.1) is 19.8 Å². The van der Waals surface area contributed by atoms with E-state index in [1.54, 1.807) is 0 Å². The van der Waals surface area contributed by atoms with Crippen molar-refractivity contribution in [1.82, 2.24) is 5.32 Å². The molecule has 0 fully saturated rings. The van der Waals surface area contributed by atoms with Crippen LogP contribution in [0.4, 0.5) is 0 Å². The van der Waals surface area contributed by atoms with Crippen molar-refractivity contribution in [1.29, 1.82) is 0 Å². The summed E-state index contributed by atoms with van der Waals surface area (Å²) in [5.41, 5.74) is 0.422. The smallest absolute Gasteiger partial charge is 0.0701 e. The molecular formula is C13H29NO2. The first-order valence-electron chi connectivity index (χ1n) is 6.42. The second-order valence-corrected chi connectivity index (χ2v) is 5.24. The molecule has 0 aliphatic rings. The predicted molar refractivity (Wildman–Crippen MR) is 68.9 cm³/mol. The minimum atomic E-state index is 0.422. The summed E-state index contributed by atoms with van der Waals surface area (Å²) in [6.45, 7) is 13.9. The highest BCUT2D eigenvalue weighted by molar-refractivity contribution is 4.60. The summed E-state index contributed by atoms with van der Waals surface area (Å²) in [6.07, 6.45) is 2.36. The van der Waals surface area contributed by atoms with Gasteiger partial charge in [-0.05, 0) is 24.8 Å². The molecule has 0 aromatic carbocycles. The van der Waals surface area contributed by atoms with Crippen LogP contribution in [0.5, 0.6) is 0 Å². The first-order chi connectivity index (χ1) is 7.56. The molecule has 0 unspecified atom stereocenters. The van der Waals surface area contributed by atoms with Crippen molar-refractivity contribution in [3.8, 4) is 0 Å². The molecule has 0 aliphatic carbocycles. The van der Waals surface area contributed by atoms with Gasteiger partial charge in [-0.1, -0.05) is 27.7 Å². The molecule has 0 saturated carbocycles. The van der Waals surface area contributed by atoms with Crippen LogP contribution >= 0.6 is 0 Å². The Morgan fingerprint density at radius 1 is 0.938 bits per heavy atom. The summed E-state index contributed by atoms with van der Waals surface area (Å²) < 4.78 is 10.9. The first-order valence-corrected chi connectivity index (χ1v) is 6.42. The molecule has 0 radical (unpaired) electrons. The molecule has 0 spiro atoms. The van der Waals surface area contributed by atoms with Crippen molar-refractivity contribution in [2.45, 2.75) is 40.5 Å². The standard InChI is InChI=1S/C13H29NO2/c1-5-14-8-10-16-12-11-15-9-6-7-13(2,3)4/h14H,5-12H2,1-4H3. The van der Waals surface area contributed by atoms with Gasteiger partial charge in [-0.3, -0.25) is 0 Å². The topological polar surface area (TPSA) is 30.5 Å². The fourth-order valence-electron chi connectivity index (χ4n) is 1.35. The van der Waals surface area contributed by atoms with Crippen LogP contribution in [0.25, 0.3) is 0 Å². The zero-order valence-electron chi connectivity index (χ0n) is 11.5. The van der Waals surface area contributed by atoms with E-state index in [4.69, 9.17) is 9.47 Å². The highest BCUT2D eigenvalue weighted by atomic mass is 16.5. The Bertz CT molecular complexity index is 143. The van der Waals surface area contributed by atoms with Gasteiger partial charge in [-0.25, -0.2) is 0 Å². The van der Waals surface area contributed by atoms with Crippen molar-refractivity contribution >= 4 is 0 Å². The number of rotatable bonds is 10. The van der Waals surface area contributed by atoms with E-state index >= 15 is 0 Å². The summed E-state index contributed by atoms with van der Waals surface area (Å²) in [4.78, 5) is 0. The van der Waals surface area contributed by atoms with Gasteiger partial charge in [0.2, 0.25) is 0 Å². The maximum Gasteiger partial charge on any atom is 0.0701 e.